The molecule has 0 atom stereocenters. The van der Waals surface area contributed by atoms with Crippen molar-refractivity contribution in [1.82, 2.24) is 9.78 Å². The van der Waals surface area contributed by atoms with Gasteiger partial charge in [-0.2, -0.15) is 18.3 Å². The molecule has 0 aromatic carbocycles. The van der Waals surface area contributed by atoms with Crippen LogP contribution in [0.3, 0.4) is 0 Å². The molecule has 0 saturated heterocycles. The number of halogens is 3. The van der Waals surface area contributed by atoms with Crippen molar-refractivity contribution in [1.29, 1.82) is 0 Å². The second-order valence-corrected chi connectivity index (χ2v) is 3.50. The van der Waals surface area contributed by atoms with E-state index in [9.17, 15) is 13.2 Å². The highest BCUT2D eigenvalue weighted by Gasteiger charge is 2.27. The Labute approximate surface area is 94.5 Å². The van der Waals surface area contributed by atoms with Crippen molar-refractivity contribution < 1.29 is 13.2 Å². The zero-order valence-corrected chi connectivity index (χ0v) is 10.2. The minimum absolute atomic E-state index is 0.0932. The summed E-state index contributed by atoms with van der Waals surface area (Å²) in [5, 5.41) is 3.86. The van der Waals surface area contributed by atoms with E-state index in [1.165, 1.54) is 10.9 Å². The summed E-state index contributed by atoms with van der Waals surface area (Å²) < 4.78 is 37.2. The van der Waals surface area contributed by atoms with Crippen molar-refractivity contribution in [2.24, 2.45) is 0 Å². The van der Waals surface area contributed by atoms with Crippen molar-refractivity contribution in [2.45, 2.75) is 52.8 Å². The predicted octanol–water partition coefficient (Wildman–Crippen LogP) is 3.99. The largest absolute Gasteiger partial charge is 0.390 e. The lowest BCUT2D eigenvalue weighted by molar-refractivity contribution is -0.137. The molecule has 0 amide bonds. The summed E-state index contributed by atoms with van der Waals surface area (Å²) in [5.74, 6) is 0.200. The summed E-state index contributed by atoms with van der Waals surface area (Å²) in [6, 6.07) is 1.75. The van der Waals surface area contributed by atoms with E-state index in [0.717, 1.165) is 5.69 Å². The Bertz CT molecular complexity index is 290. The fourth-order valence-electron chi connectivity index (χ4n) is 1.25. The number of hydrogen-bond acceptors (Lipinski definition) is 1. The van der Waals surface area contributed by atoms with Crippen molar-refractivity contribution in [3.8, 4) is 0 Å². The highest BCUT2D eigenvalue weighted by atomic mass is 19.4. The number of nitrogens with zero attached hydrogens (tertiary/aromatic N) is 2. The van der Waals surface area contributed by atoms with Gasteiger partial charge >= 0.3 is 6.18 Å². The SMILES string of the molecule is CC.CC(C)c1ccnn1CCC(F)(F)F. The van der Waals surface area contributed by atoms with Crippen molar-refractivity contribution in [3.05, 3.63) is 18.0 Å². The van der Waals surface area contributed by atoms with Gasteiger partial charge in [0.2, 0.25) is 0 Å². The van der Waals surface area contributed by atoms with Gasteiger partial charge < -0.3 is 0 Å². The van der Waals surface area contributed by atoms with Crippen LogP contribution >= 0.6 is 0 Å². The van der Waals surface area contributed by atoms with E-state index in [2.05, 4.69) is 5.10 Å². The molecular weight excluding hydrogens is 217 g/mol. The van der Waals surface area contributed by atoms with Gasteiger partial charge in [-0.05, 0) is 12.0 Å². The van der Waals surface area contributed by atoms with Crippen molar-refractivity contribution in [3.63, 3.8) is 0 Å². The normalized spacial score (nSPS) is 11.2. The molecule has 16 heavy (non-hydrogen) atoms. The zero-order valence-electron chi connectivity index (χ0n) is 10.2. The summed E-state index contributed by atoms with van der Waals surface area (Å²) in [7, 11) is 0. The first-order valence-corrected chi connectivity index (χ1v) is 5.48. The smallest absolute Gasteiger partial charge is 0.269 e. The molecule has 5 heteroatoms. The molecule has 0 aliphatic heterocycles. The molecule has 0 aliphatic carbocycles. The summed E-state index contributed by atoms with van der Waals surface area (Å²) in [6.07, 6.45) is -3.40. The summed E-state index contributed by atoms with van der Waals surface area (Å²) in [5.41, 5.74) is 0.842. The average Bonchev–Trinajstić information content (AvgIpc) is 2.64. The van der Waals surface area contributed by atoms with Gasteiger partial charge in [0.25, 0.3) is 0 Å². The van der Waals surface area contributed by atoms with Gasteiger partial charge in [0.15, 0.2) is 0 Å². The molecule has 1 aromatic heterocycles. The minimum Gasteiger partial charge on any atom is -0.269 e. The van der Waals surface area contributed by atoms with Crippen LogP contribution in [0.1, 0.15) is 45.7 Å². The Balaban J connectivity index is 0.00000106. The molecule has 0 radical (unpaired) electrons. The first-order valence-electron chi connectivity index (χ1n) is 5.48. The lowest BCUT2D eigenvalue weighted by Crippen LogP contribution is -2.15. The lowest BCUT2D eigenvalue weighted by Gasteiger charge is -2.11. The molecule has 0 aliphatic rings. The minimum atomic E-state index is -4.11. The first kappa shape index (κ1) is 15.0. The van der Waals surface area contributed by atoms with Crippen LogP contribution in [0.5, 0.6) is 0 Å². The van der Waals surface area contributed by atoms with Crippen LogP contribution in [0.4, 0.5) is 13.2 Å². The quantitative estimate of drug-likeness (QED) is 0.776. The van der Waals surface area contributed by atoms with Gasteiger partial charge in [-0.25, -0.2) is 0 Å². The van der Waals surface area contributed by atoms with E-state index < -0.39 is 12.6 Å². The predicted molar refractivity (Wildman–Crippen MR) is 58.3 cm³/mol. The molecular formula is C11H19F3N2. The van der Waals surface area contributed by atoms with Gasteiger partial charge in [-0.1, -0.05) is 27.7 Å². The van der Waals surface area contributed by atoms with Crippen LogP contribution < -0.4 is 0 Å². The molecule has 0 unspecified atom stereocenters. The molecule has 94 valence electrons. The molecule has 0 N–H and O–H groups in total. The second kappa shape index (κ2) is 6.55. The number of rotatable bonds is 3. The van der Waals surface area contributed by atoms with Gasteiger partial charge in [-0.15, -0.1) is 0 Å². The van der Waals surface area contributed by atoms with E-state index in [4.69, 9.17) is 0 Å². The fraction of sp³-hybridized carbons (Fsp3) is 0.727. The van der Waals surface area contributed by atoms with E-state index in [0.29, 0.717) is 0 Å². The maximum atomic E-state index is 11.9. The monoisotopic (exact) mass is 236 g/mol. The molecule has 1 heterocycles. The highest BCUT2D eigenvalue weighted by Crippen LogP contribution is 2.21. The summed E-state index contributed by atoms with van der Waals surface area (Å²) >= 11 is 0. The highest BCUT2D eigenvalue weighted by molar-refractivity contribution is 5.05. The molecule has 0 spiro atoms. The van der Waals surface area contributed by atoms with Crippen molar-refractivity contribution in [2.75, 3.05) is 0 Å². The number of aromatic nitrogens is 2. The maximum absolute atomic E-state index is 11.9. The topological polar surface area (TPSA) is 17.8 Å². The Morgan fingerprint density at radius 3 is 2.31 bits per heavy atom. The second-order valence-electron chi connectivity index (χ2n) is 3.50. The first-order chi connectivity index (χ1) is 7.40. The Morgan fingerprint density at radius 1 is 1.31 bits per heavy atom. The third-order valence-corrected chi connectivity index (χ3v) is 1.95. The van der Waals surface area contributed by atoms with Gasteiger partial charge in [-0.3, -0.25) is 4.68 Å². The van der Waals surface area contributed by atoms with Crippen LogP contribution in [0.15, 0.2) is 12.3 Å². The molecule has 1 aromatic rings. The van der Waals surface area contributed by atoms with E-state index >= 15 is 0 Å². The summed E-state index contributed by atoms with van der Waals surface area (Å²) in [4.78, 5) is 0. The van der Waals surface area contributed by atoms with Gasteiger partial charge in [0, 0.05) is 18.4 Å². The van der Waals surface area contributed by atoms with E-state index in [1.807, 2.05) is 27.7 Å². The number of hydrogen-bond donors (Lipinski definition) is 0. The Kier molecular flexibility index (Phi) is 6.14. The zero-order chi connectivity index (χ0) is 12.8. The molecule has 1 rings (SSSR count). The summed E-state index contributed by atoms with van der Waals surface area (Å²) in [6.45, 7) is 7.77. The number of alkyl halides is 3. The van der Waals surface area contributed by atoms with Crippen LogP contribution in [-0.2, 0) is 6.54 Å². The molecule has 2 nitrogen and oxygen atoms in total. The molecule has 0 bridgehead atoms. The third-order valence-electron chi connectivity index (χ3n) is 1.95. The standard InChI is InChI=1S/C9H13F3N2.C2H6/c1-7(2)8-3-5-13-14(8)6-4-9(10,11)12;1-2/h3,5,7H,4,6H2,1-2H3;1-2H3. The maximum Gasteiger partial charge on any atom is 0.390 e. The van der Waals surface area contributed by atoms with E-state index in [1.54, 1.807) is 6.07 Å². The Hall–Kier alpha value is -1.00. The van der Waals surface area contributed by atoms with Crippen LogP contribution in [0.25, 0.3) is 0 Å². The van der Waals surface area contributed by atoms with Gasteiger partial charge in [0.05, 0.1) is 6.42 Å². The van der Waals surface area contributed by atoms with Crippen LogP contribution in [-0.4, -0.2) is 16.0 Å². The average molecular weight is 236 g/mol. The van der Waals surface area contributed by atoms with Crippen LogP contribution in [0.2, 0.25) is 0 Å². The van der Waals surface area contributed by atoms with Gasteiger partial charge in [0.1, 0.15) is 0 Å². The molecule has 0 saturated carbocycles. The van der Waals surface area contributed by atoms with Crippen molar-refractivity contribution >= 4 is 0 Å². The Morgan fingerprint density at radius 2 is 1.88 bits per heavy atom. The molecule has 0 fully saturated rings. The lowest BCUT2D eigenvalue weighted by atomic mass is 10.1. The van der Waals surface area contributed by atoms with E-state index in [-0.39, 0.29) is 12.5 Å². The number of aryl methyl sites for hydroxylation is 1. The van der Waals surface area contributed by atoms with Crippen LogP contribution in [0, 0.1) is 0 Å². The fourth-order valence-corrected chi connectivity index (χ4v) is 1.25. The third kappa shape index (κ3) is 5.19.